The lowest BCUT2D eigenvalue weighted by atomic mass is 9.98. The molecule has 0 aromatic rings. The van der Waals surface area contributed by atoms with Gasteiger partial charge < -0.3 is 15.3 Å². The SMILES string of the molecule is O=C(O)N1CCN(CC2(F)CNC2)CC1. The first kappa shape index (κ1) is 10.6. The molecule has 2 aliphatic rings. The number of hydrogen-bond acceptors (Lipinski definition) is 3. The predicted molar refractivity (Wildman–Crippen MR) is 52.7 cm³/mol. The average Bonchev–Trinajstić information content (AvgIpc) is 2.16. The van der Waals surface area contributed by atoms with Crippen LogP contribution in [0.5, 0.6) is 0 Å². The molecule has 2 heterocycles. The monoisotopic (exact) mass is 217 g/mol. The van der Waals surface area contributed by atoms with Crippen LogP contribution in [0.25, 0.3) is 0 Å². The Morgan fingerprint density at radius 1 is 1.33 bits per heavy atom. The summed E-state index contributed by atoms with van der Waals surface area (Å²) < 4.78 is 13.7. The molecule has 6 heteroatoms. The minimum Gasteiger partial charge on any atom is -0.465 e. The van der Waals surface area contributed by atoms with Crippen molar-refractivity contribution in [1.29, 1.82) is 0 Å². The normalized spacial score (nSPS) is 26.1. The highest BCUT2D eigenvalue weighted by atomic mass is 19.1. The van der Waals surface area contributed by atoms with Crippen molar-refractivity contribution in [3.8, 4) is 0 Å². The fourth-order valence-corrected chi connectivity index (χ4v) is 2.01. The zero-order chi connectivity index (χ0) is 10.9. The van der Waals surface area contributed by atoms with Gasteiger partial charge in [-0.2, -0.15) is 0 Å². The highest BCUT2D eigenvalue weighted by molar-refractivity contribution is 5.65. The van der Waals surface area contributed by atoms with Gasteiger partial charge >= 0.3 is 6.09 Å². The van der Waals surface area contributed by atoms with Gasteiger partial charge in [-0.1, -0.05) is 0 Å². The third kappa shape index (κ3) is 2.38. The van der Waals surface area contributed by atoms with E-state index in [4.69, 9.17) is 5.11 Å². The van der Waals surface area contributed by atoms with Crippen LogP contribution in [0.15, 0.2) is 0 Å². The summed E-state index contributed by atoms with van der Waals surface area (Å²) in [5.74, 6) is 0. The maximum atomic E-state index is 13.7. The molecule has 0 aromatic heterocycles. The maximum Gasteiger partial charge on any atom is 0.407 e. The van der Waals surface area contributed by atoms with E-state index in [0.717, 1.165) is 0 Å². The Bertz CT molecular complexity index is 250. The van der Waals surface area contributed by atoms with E-state index < -0.39 is 11.8 Å². The molecule has 0 saturated carbocycles. The molecule has 0 aliphatic carbocycles. The molecule has 2 saturated heterocycles. The molecular formula is C9H16FN3O2. The lowest BCUT2D eigenvalue weighted by Gasteiger charge is -2.41. The van der Waals surface area contributed by atoms with Gasteiger partial charge in [0.15, 0.2) is 0 Å². The summed E-state index contributed by atoms with van der Waals surface area (Å²) in [6.07, 6.45) is -0.880. The van der Waals surface area contributed by atoms with Gasteiger partial charge in [0.2, 0.25) is 0 Å². The van der Waals surface area contributed by atoms with Crippen LogP contribution in [0.3, 0.4) is 0 Å². The van der Waals surface area contributed by atoms with Gasteiger partial charge in [0, 0.05) is 45.8 Å². The molecule has 0 aromatic carbocycles. The van der Waals surface area contributed by atoms with Crippen LogP contribution in [0.1, 0.15) is 0 Å². The molecule has 0 unspecified atom stereocenters. The van der Waals surface area contributed by atoms with E-state index in [-0.39, 0.29) is 0 Å². The summed E-state index contributed by atoms with van der Waals surface area (Å²) in [7, 11) is 0. The Balaban J connectivity index is 1.76. The molecule has 2 fully saturated rings. The number of amides is 1. The van der Waals surface area contributed by atoms with Gasteiger partial charge in [0.1, 0.15) is 5.67 Å². The fraction of sp³-hybridized carbons (Fsp3) is 0.889. The quantitative estimate of drug-likeness (QED) is 0.660. The third-order valence-electron chi connectivity index (χ3n) is 3.03. The van der Waals surface area contributed by atoms with Crippen LogP contribution >= 0.6 is 0 Å². The summed E-state index contributed by atoms with van der Waals surface area (Å²) in [6, 6.07) is 0. The molecule has 0 bridgehead atoms. The molecule has 0 atom stereocenters. The minimum atomic E-state index is -1.09. The van der Waals surface area contributed by atoms with Crippen molar-refractivity contribution in [3.05, 3.63) is 0 Å². The number of nitrogens with one attached hydrogen (secondary N) is 1. The third-order valence-corrected chi connectivity index (χ3v) is 3.03. The molecular weight excluding hydrogens is 201 g/mol. The number of carboxylic acid groups (broad SMARTS) is 1. The summed E-state index contributed by atoms with van der Waals surface area (Å²) in [5, 5.41) is 11.6. The van der Waals surface area contributed by atoms with Gasteiger partial charge in [-0.3, -0.25) is 4.90 Å². The van der Waals surface area contributed by atoms with Crippen molar-refractivity contribution in [2.24, 2.45) is 0 Å². The second kappa shape index (κ2) is 3.94. The number of nitrogens with zero attached hydrogens (tertiary/aromatic N) is 2. The van der Waals surface area contributed by atoms with E-state index >= 15 is 0 Å². The van der Waals surface area contributed by atoms with Crippen LogP contribution in [0.4, 0.5) is 9.18 Å². The number of carbonyl (C=O) groups is 1. The number of alkyl halides is 1. The molecule has 5 nitrogen and oxygen atoms in total. The van der Waals surface area contributed by atoms with Crippen molar-refractivity contribution in [1.82, 2.24) is 15.1 Å². The van der Waals surface area contributed by atoms with Crippen molar-refractivity contribution >= 4 is 6.09 Å². The highest BCUT2D eigenvalue weighted by Crippen LogP contribution is 2.18. The second-order valence-electron chi connectivity index (χ2n) is 4.30. The van der Waals surface area contributed by atoms with Gasteiger partial charge in [-0.25, -0.2) is 9.18 Å². The average molecular weight is 217 g/mol. The molecule has 2 N–H and O–H groups in total. The number of hydrogen-bond donors (Lipinski definition) is 2. The topological polar surface area (TPSA) is 55.8 Å². The van der Waals surface area contributed by atoms with Gasteiger partial charge in [-0.15, -0.1) is 0 Å². The van der Waals surface area contributed by atoms with Crippen molar-refractivity contribution < 1.29 is 14.3 Å². The molecule has 1 amide bonds. The fourth-order valence-electron chi connectivity index (χ4n) is 2.01. The van der Waals surface area contributed by atoms with Gasteiger partial charge in [0.25, 0.3) is 0 Å². The van der Waals surface area contributed by atoms with E-state index in [9.17, 15) is 9.18 Å². The first-order chi connectivity index (χ1) is 7.09. The van der Waals surface area contributed by atoms with E-state index in [2.05, 4.69) is 5.32 Å². The standard InChI is InChI=1S/C9H16FN3O2/c10-9(5-11-6-9)7-12-1-3-13(4-2-12)8(14)15/h11H,1-7H2,(H,14,15). The molecule has 86 valence electrons. The van der Waals surface area contributed by atoms with Crippen LogP contribution in [-0.4, -0.2) is 72.5 Å². The van der Waals surface area contributed by atoms with E-state index in [1.807, 2.05) is 4.90 Å². The summed E-state index contributed by atoms with van der Waals surface area (Å²) in [4.78, 5) is 14.0. The zero-order valence-corrected chi connectivity index (χ0v) is 8.58. The van der Waals surface area contributed by atoms with Crippen molar-refractivity contribution in [2.75, 3.05) is 45.8 Å². The molecule has 15 heavy (non-hydrogen) atoms. The first-order valence-electron chi connectivity index (χ1n) is 5.19. The lowest BCUT2D eigenvalue weighted by molar-refractivity contribution is 0.0237. The minimum absolute atomic E-state index is 0.423. The molecule has 2 aliphatic heterocycles. The Morgan fingerprint density at radius 2 is 1.93 bits per heavy atom. The Morgan fingerprint density at radius 3 is 2.33 bits per heavy atom. The Kier molecular flexibility index (Phi) is 2.79. The number of rotatable bonds is 2. The number of piperazine rings is 1. The molecule has 2 rings (SSSR count). The van der Waals surface area contributed by atoms with E-state index in [1.54, 1.807) is 0 Å². The zero-order valence-electron chi connectivity index (χ0n) is 8.58. The van der Waals surface area contributed by atoms with Crippen LogP contribution < -0.4 is 5.32 Å². The largest absolute Gasteiger partial charge is 0.465 e. The summed E-state index contributed by atoms with van der Waals surface area (Å²) in [6.45, 7) is 3.51. The number of halogens is 1. The molecule has 0 spiro atoms. The van der Waals surface area contributed by atoms with Crippen molar-refractivity contribution in [2.45, 2.75) is 5.67 Å². The van der Waals surface area contributed by atoms with Crippen LogP contribution in [0.2, 0.25) is 0 Å². The lowest BCUT2D eigenvalue weighted by Crippen LogP contribution is -2.63. The van der Waals surface area contributed by atoms with Crippen LogP contribution in [-0.2, 0) is 0 Å². The van der Waals surface area contributed by atoms with Crippen LogP contribution in [0, 0.1) is 0 Å². The highest BCUT2D eigenvalue weighted by Gasteiger charge is 2.39. The van der Waals surface area contributed by atoms with E-state index in [1.165, 1.54) is 4.90 Å². The molecule has 0 radical (unpaired) electrons. The summed E-state index contributed by atoms with van der Waals surface area (Å²) >= 11 is 0. The second-order valence-corrected chi connectivity index (χ2v) is 4.30. The van der Waals surface area contributed by atoms with Crippen molar-refractivity contribution in [3.63, 3.8) is 0 Å². The Labute approximate surface area is 87.8 Å². The van der Waals surface area contributed by atoms with Gasteiger partial charge in [0.05, 0.1) is 0 Å². The first-order valence-corrected chi connectivity index (χ1v) is 5.19. The smallest absolute Gasteiger partial charge is 0.407 e. The maximum absolute atomic E-state index is 13.7. The summed E-state index contributed by atoms with van der Waals surface area (Å²) in [5.41, 5.74) is -1.09. The Hall–Kier alpha value is -0.880. The van der Waals surface area contributed by atoms with E-state index in [0.29, 0.717) is 45.8 Å². The van der Waals surface area contributed by atoms with Gasteiger partial charge in [-0.05, 0) is 0 Å². The predicted octanol–water partition coefficient (Wildman–Crippen LogP) is -0.406.